The van der Waals surface area contributed by atoms with Crippen LogP contribution < -0.4 is 4.74 Å². The van der Waals surface area contributed by atoms with E-state index in [-0.39, 0.29) is 5.82 Å². The maximum Gasteiger partial charge on any atom is 0.131 e. The molecule has 1 atom stereocenters. The van der Waals surface area contributed by atoms with Crippen molar-refractivity contribution in [1.82, 2.24) is 0 Å². The fourth-order valence-corrected chi connectivity index (χ4v) is 2.36. The van der Waals surface area contributed by atoms with E-state index in [2.05, 4.69) is 15.9 Å². The molecule has 0 saturated heterocycles. The van der Waals surface area contributed by atoms with Gasteiger partial charge in [-0.15, -0.1) is 11.6 Å². The zero-order valence-electron chi connectivity index (χ0n) is 9.66. The molecule has 0 spiro atoms. The molecule has 0 bridgehead atoms. The highest BCUT2D eigenvalue weighted by atomic mass is 79.9. The van der Waals surface area contributed by atoms with Crippen LogP contribution in [0.5, 0.6) is 5.75 Å². The lowest BCUT2D eigenvalue weighted by Crippen LogP contribution is -2.00. The third-order valence-electron chi connectivity index (χ3n) is 2.65. The quantitative estimate of drug-likeness (QED) is 0.726. The summed E-state index contributed by atoms with van der Waals surface area (Å²) in [5.74, 6) is 0.0928. The molecule has 0 fully saturated rings. The normalized spacial score (nSPS) is 12.2. The Hall–Kier alpha value is -1.06. The molecule has 2 rings (SSSR count). The molecule has 0 saturated carbocycles. The van der Waals surface area contributed by atoms with Crippen molar-refractivity contribution < 1.29 is 9.13 Å². The van der Waals surface area contributed by atoms with Gasteiger partial charge in [0.2, 0.25) is 0 Å². The largest absolute Gasteiger partial charge is 0.496 e. The zero-order valence-corrected chi connectivity index (χ0v) is 12.0. The second-order valence-corrected chi connectivity index (χ2v) is 5.12. The molecule has 18 heavy (non-hydrogen) atoms. The average molecular weight is 330 g/mol. The lowest BCUT2D eigenvalue weighted by atomic mass is 10.0. The summed E-state index contributed by atoms with van der Waals surface area (Å²) in [4.78, 5) is 0. The minimum absolute atomic E-state index is 0.364. The highest BCUT2D eigenvalue weighted by molar-refractivity contribution is 9.10. The van der Waals surface area contributed by atoms with Gasteiger partial charge < -0.3 is 4.74 Å². The number of methoxy groups -OCH3 is 1. The summed E-state index contributed by atoms with van der Waals surface area (Å²) in [7, 11) is 1.50. The summed E-state index contributed by atoms with van der Waals surface area (Å²) in [6.45, 7) is 0. The van der Waals surface area contributed by atoms with Gasteiger partial charge >= 0.3 is 0 Å². The van der Waals surface area contributed by atoms with Crippen molar-refractivity contribution in [3.63, 3.8) is 0 Å². The summed E-state index contributed by atoms with van der Waals surface area (Å²) >= 11 is 9.69. The van der Waals surface area contributed by atoms with Gasteiger partial charge in [0.1, 0.15) is 11.6 Å². The predicted octanol–water partition coefficient (Wildman–Crippen LogP) is 4.93. The van der Waals surface area contributed by atoms with Crippen molar-refractivity contribution in [3.8, 4) is 5.75 Å². The Labute approximate surface area is 119 Å². The molecule has 94 valence electrons. The van der Waals surface area contributed by atoms with E-state index in [0.29, 0.717) is 11.3 Å². The number of halogens is 3. The minimum atomic E-state index is -0.575. The van der Waals surface area contributed by atoms with E-state index in [0.717, 1.165) is 10.0 Å². The molecular weight excluding hydrogens is 319 g/mol. The van der Waals surface area contributed by atoms with E-state index in [1.165, 1.54) is 13.2 Å². The Balaban J connectivity index is 2.45. The van der Waals surface area contributed by atoms with Gasteiger partial charge in [-0.25, -0.2) is 4.39 Å². The van der Waals surface area contributed by atoms with E-state index in [4.69, 9.17) is 16.3 Å². The lowest BCUT2D eigenvalue weighted by Gasteiger charge is -2.15. The molecule has 0 radical (unpaired) electrons. The number of alkyl halides is 1. The number of hydrogen-bond acceptors (Lipinski definition) is 1. The van der Waals surface area contributed by atoms with Crippen molar-refractivity contribution in [3.05, 3.63) is 63.9 Å². The van der Waals surface area contributed by atoms with Crippen LogP contribution in [-0.4, -0.2) is 7.11 Å². The van der Waals surface area contributed by atoms with E-state index >= 15 is 0 Å². The standard InChI is InChI=1S/C14H11BrClFO/c1-18-12-4-2-3-11(17)13(12)14(16)9-5-7-10(15)8-6-9/h2-8,14H,1H3. The Morgan fingerprint density at radius 2 is 1.83 bits per heavy atom. The summed E-state index contributed by atoms with van der Waals surface area (Å²) in [5.41, 5.74) is 1.19. The average Bonchev–Trinajstić information content (AvgIpc) is 2.38. The van der Waals surface area contributed by atoms with E-state index in [1.807, 2.05) is 24.3 Å². The maximum absolute atomic E-state index is 13.9. The van der Waals surface area contributed by atoms with Crippen molar-refractivity contribution in [1.29, 1.82) is 0 Å². The Kier molecular flexibility index (Phi) is 4.25. The van der Waals surface area contributed by atoms with Crippen LogP contribution in [0.3, 0.4) is 0 Å². The zero-order chi connectivity index (χ0) is 13.1. The SMILES string of the molecule is COc1cccc(F)c1C(Cl)c1ccc(Br)cc1. The molecule has 0 aliphatic carbocycles. The molecule has 2 aromatic rings. The van der Waals surface area contributed by atoms with Gasteiger partial charge in [0, 0.05) is 4.47 Å². The summed E-state index contributed by atoms with van der Waals surface area (Å²) in [6, 6.07) is 12.1. The van der Waals surface area contributed by atoms with Gasteiger partial charge in [-0.3, -0.25) is 0 Å². The van der Waals surface area contributed by atoms with Crippen molar-refractivity contribution in [2.24, 2.45) is 0 Å². The second kappa shape index (κ2) is 5.72. The molecule has 0 aliphatic rings. The van der Waals surface area contributed by atoms with E-state index in [1.54, 1.807) is 12.1 Å². The van der Waals surface area contributed by atoms with Crippen LogP contribution in [0.4, 0.5) is 4.39 Å². The highest BCUT2D eigenvalue weighted by Gasteiger charge is 2.19. The van der Waals surface area contributed by atoms with Gasteiger partial charge in [-0.2, -0.15) is 0 Å². The Morgan fingerprint density at radius 1 is 1.17 bits per heavy atom. The highest BCUT2D eigenvalue weighted by Crippen LogP contribution is 2.37. The van der Waals surface area contributed by atoms with Gasteiger partial charge in [0.25, 0.3) is 0 Å². The van der Waals surface area contributed by atoms with Crippen molar-refractivity contribution >= 4 is 27.5 Å². The van der Waals surface area contributed by atoms with Crippen LogP contribution >= 0.6 is 27.5 Å². The molecule has 0 amide bonds. The molecule has 0 aromatic heterocycles. The minimum Gasteiger partial charge on any atom is -0.496 e. The van der Waals surface area contributed by atoms with Gasteiger partial charge in [0.05, 0.1) is 18.1 Å². The number of rotatable bonds is 3. The molecule has 2 aromatic carbocycles. The van der Waals surface area contributed by atoms with Crippen LogP contribution in [0.25, 0.3) is 0 Å². The smallest absolute Gasteiger partial charge is 0.131 e. The Morgan fingerprint density at radius 3 is 2.44 bits per heavy atom. The van der Waals surface area contributed by atoms with Crippen molar-refractivity contribution in [2.45, 2.75) is 5.38 Å². The summed E-state index contributed by atoms with van der Waals surface area (Å²) in [6.07, 6.45) is 0. The Bertz CT molecular complexity index is 542. The number of benzene rings is 2. The van der Waals surface area contributed by atoms with Crippen LogP contribution in [0.15, 0.2) is 46.9 Å². The fourth-order valence-electron chi connectivity index (χ4n) is 1.74. The first-order valence-electron chi connectivity index (χ1n) is 5.35. The van der Waals surface area contributed by atoms with E-state index < -0.39 is 5.38 Å². The first-order valence-corrected chi connectivity index (χ1v) is 6.58. The van der Waals surface area contributed by atoms with Crippen LogP contribution in [-0.2, 0) is 0 Å². The fraction of sp³-hybridized carbons (Fsp3) is 0.143. The van der Waals surface area contributed by atoms with Crippen LogP contribution in [0.2, 0.25) is 0 Å². The molecule has 1 unspecified atom stereocenters. The first kappa shape index (κ1) is 13.4. The summed E-state index contributed by atoms with van der Waals surface area (Å²) in [5, 5.41) is -0.575. The van der Waals surface area contributed by atoms with Gasteiger partial charge in [0.15, 0.2) is 0 Å². The first-order chi connectivity index (χ1) is 8.63. The van der Waals surface area contributed by atoms with Crippen molar-refractivity contribution in [2.75, 3.05) is 7.11 Å². The van der Waals surface area contributed by atoms with Crippen LogP contribution in [0, 0.1) is 5.82 Å². The molecule has 0 aliphatic heterocycles. The monoisotopic (exact) mass is 328 g/mol. The molecular formula is C14H11BrClFO. The van der Waals surface area contributed by atoms with Crippen LogP contribution in [0.1, 0.15) is 16.5 Å². The molecule has 1 nitrogen and oxygen atoms in total. The van der Waals surface area contributed by atoms with E-state index in [9.17, 15) is 4.39 Å². The molecule has 0 N–H and O–H groups in total. The lowest BCUT2D eigenvalue weighted by molar-refractivity contribution is 0.405. The topological polar surface area (TPSA) is 9.23 Å². The van der Waals surface area contributed by atoms with Gasteiger partial charge in [-0.05, 0) is 29.8 Å². The molecule has 0 heterocycles. The number of hydrogen-bond donors (Lipinski definition) is 0. The maximum atomic E-state index is 13.9. The third-order valence-corrected chi connectivity index (χ3v) is 3.65. The predicted molar refractivity (Wildman–Crippen MR) is 74.8 cm³/mol. The molecule has 4 heteroatoms. The third kappa shape index (κ3) is 2.68. The number of ether oxygens (including phenoxy) is 1. The summed E-state index contributed by atoms with van der Waals surface area (Å²) < 4.78 is 20.0. The van der Waals surface area contributed by atoms with Gasteiger partial charge in [-0.1, -0.05) is 34.1 Å². The second-order valence-electron chi connectivity index (χ2n) is 3.77.